The van der Waals surface area contributed by atoms with Gasteiger partial charge in [0.2, 0.25) is 5.91 Å². The number of hydrazine groups is 1. The summed E-state index contributed by atoms with van der Waals surface area (Å²) in [5.74, 6) is -0.0898. The number of aryl methyl sites for hydroxylation is 3. The van der Waals surface area contributed by atoms with Gasteiger partial charge in [-0.2, -0.15) is 0 Å². The van der Waals surface area contributed by atoms with Crippen molar-refractivity contribution in [3.05, 3.63) is 64.9 Å². The number of hydrogen-bond donors (Lipinski definition) is 2. The van der Waals surface area contributed by atoms with E-state index >= 15 is 0 Å². The van der Waals surface area contributed by atoms with E-state index in [0.717, 1.165) is 39.6 Å². The molecule has 0 saturated carbocycles. The molecule has 28 heavy (non-hydrogen) atoms. The maximum atomic E-state index is 12.2. The third-order valence-electron chi connectivity index (χ3n) is 4.75. The van der Waals surface area contributed by atoms with Crippen LogP contribution in [0.2, 0.25) is 0 Å². The number of carbonyl (C=O) groups is 2. The molecule has 146 valence electrons. The Morgan fingerprint density at radius 1 is 1.00 bits per heavy atom. The quantitative estimate of drug-likeness (QED) is 0.643. The van der Waals surface area contributed by atoms with Crippen LogP contribution in [0.4, 0.5) is 0 Å². The van der Waals surface area contributed by atoms with Crippen LogP contribution in [0.25, 0.3) is 11.0 Å². The van der Waals surface area contributed by atoms with Gasteiger partial charge in [-0.05, 0) is 43.0 Å². The molecule has 1 heterocycles. The van der Waals surface area contributed by atoms with Crippen LogP contribution in [0.5, 0.6) is 5.75 Å². The molecule has 0 aliphatic rings. The van der Waals surface area contributed by atoms with Gasteiger partial charge in [0.15, 0.2) is 6.61 Å². The molecular formula is C22H24N2O4. The van der Waals surface area contributed by atoms with Crippen molar-refractivity contribution < 1.29 is 18.7 Å². The Labute approximate surface area is 163 Å². The van der Waals surface area contributed by atoms with Crippen molar-refractivity contribution in [2.45, 2.75) is 33.6 Å². The second-order valence-electron chi connectivity index (χ2n) is 6.67. The zero-order chi connectivity index (χ0) is 20.1. The van der Waals surface area contributed by atoms with Crippen molar-refractivity contribution in [3.63, 3.8) is 0 Å². The van der Waals surface area contributed by atoms with E-state index in [9.17, 15) is 9.59 Å². The maximum absolute atomic E-state index is 12.2. The molecule has 0 aliphatic heterocycles. The molecule has 1 aromatic heterocycles. The third kappa shape index (κ3) is 4.34. The van der Waals surface area contributed by atoms with Crippen LogP contribution in [0.3, 0.4) is 0 Å². The lowest BCUT2D eigenvalue weighted by molar-refractivity contribution is -0.129. The molecule has 2 amide bonds. The van der Waals surface area contributed by atoms with E-state index in [0.29, 0.717) is 5.75 Å². The van der Waals surface area contributed by atoms with Gasteiger partial charge in [-0.1, -0.05) is 37.3 Å². The second-order valence-corrected chi connectivity index (χ2v) is 6.67. The highest BCUT2D eigenvalue weighted by Crippen LogP contribution is 2.26. The van der Waals surface area contributed by atoms with E-state index in [2.05, 4.69) is 10.9 Å². The number of para-hydroxylation sites is 1. The minimum absolute atomic E-state index is 0.106. The Bertz CT molecular complexity index is 1010. The SMILES string of the molecule is CCc1ccccc1OCC(=O)NNC(=O)Cc1coc2c(C)c(C)ccc12. The molecule has 0 bridgehead atoms. The fourth-order valence-corrected chi connectivity index (χ4v) is 3.00. The lowest BCUT2D eigenvalue weighted by Crippen LogP contribution is -2.44. The summed E-state index contributed by atoms with van der Waals surface area (Å²) in [6, 6.07) is 11.5. The zero-order valence-corrected chi connectivity index (χ0v) is 16.3. The highest BCUT2D eigenvalue weighted by Gasteiger charge is 2.13. The van der Waals surface area contributed by atoms with Crippen LogP contribution in [-0.4, -0.2) is 18.4 Å². The smallest absolute Gasteiger partial charge is 0.276 e. The van der Waals surface area contributed by atoms with Gasteiger partial charge in [-0.3, -0.25) is 20.4 Å². The molecule has 6 heteroatoms. The molecule has 0 radical (unpaired) electrons. The fourth-order valence-electron chi connectivity index (χ4n) is 3.00. The van der Waals surface area contributed by atoms with Crippen molar-refractivity contribution >= 4 is 22.8 Å². The number of ether oxygens (including phenoxy) is 1. The van der Waals surface area contributed by atoms with Gasteiger partial charge < -0.3 is 9.15 Å². The Morgan fingerprint density at radius 2 is 1.75 bits per heavy atom. The Balaban J connectivity index is 1.52. The van der Waals surface area contributed by atoms with Gasteiger partial charge in [-0.15, -0.1) is 0 Å². The van der Waals surface area contributed by atoms with E-state index < -0.39 is 5.91 Å². The molecule has 2 N–H and O–H groups in total. The zero-order valence-electron chi connectivity index (χ0n) is 16.3. The van der Waals surface area contributed by atoms with Gasteiger partial charge in [0, 0.05) is 10.9 Å². The molecule has 6 nitrogen and oxygen atoms in total. The average molecular weight is 380 g/mol. The number of fused-ring (bicyclic) bond motifs is 1. The van der Waals surface area contributed by atoms with Crippen LogP contribution < -0.4 is 15.6 Å². The molecule has 0 aliphatic carbocycles. The van der Waals surface area contributed by atoms with Crippen molar-refractivity contribution in [3.8, 4) is 5.75 Å². The molecule has 0 atom stereocenters. The van der Waals surface area contributed by atoms with Crippen molar-refractivity contribution in [2.24, 2.45) is 0 Å². The average Bonchev–Trinajstić information content (AvgIpc) is 3.11. The van der Waals surface area contributed by atoms with Crippen LogP contribution in [0.15, 0.2) is 47.1 Å². The monoisotopic (exact) mass is 380 g/mol. The van der Waals surface area contributed by atoms with E-state index in [-0.39, 0.29) is 18.9 Å². The number of hydrogen-bond acceptors (Lipinski definition) is 4. The Hall–Kier alpha value is -3.28. The summed E-state index contributed by atoms with van der Waals surface area (Å²) in [6.07, 6.45) is 2.50. The standard InChI is InChI=1S/C22H24N2O4/c1-4-16-7-5-6-8-19(16)27-13-21(26)24-23-20(25)11-17-12-28-22-15(3)14(2)9-10-18(17)22/h5-10,12H,4,11,13H2,1-3H3,(H,23,25)(H,24,26). The summed E-state index contributed by atoms with van der Waals surface area (Å²) >= 11 is 0. The normalized spacial score (nSPS) is 10.7. The lowest BCUT2D eigenvalue weighted by atomic mass is 10.0. The Morgan fingerprint density at radius 3 is 2.54 bits per heavy atom. The summed E-state index contributed by atoms with van der Waals surface area (Å²) in [5, 5.41) is 0.907. The van der Waals surface area contributed by atoms with E-state index in [4.69, 9.17) is 9.15 Å². The summed E-state index contributed by atoms with van der Waals surface area (Å²) < 4.78 is 11.1. The van der Waals surface area contributed by atoms with E-state index in [1.165, 1.54) is 0 Å². The summed E-state index contributed by atoms with van der Waals surface area (Å²) in [5.41, 5.74) is 9.57. The molecule has 3 rings (SSSR count). The van der Waals surface area contributed by atoms with Crippen LogP contribution in [-0.2, 0) is 22.4 Å². The van der Waals surface area contributed by atoms with Gasteiger partial charge in [0.25, 0.3) is 5.91 Å². The minimum atomic E-state index is -0.428. The van der Waals surface area contributed by atoms with Gasteiger partial charge in [-0.25, -0.2) is 0 Å². The maximum Gasteiger partial charge on any atom is 0.276 e. The number of amides is 2. The highest BCUT2D eigenvalue weighted by atomic mass is 16.5. The first-order valence-corrected chi connectivity index (χ1v) is 9.24. The first-order valence-electron chi connectivity index (χ1n) is 9.24. The third-order valence-corrected chi connectivity index (χ3v) is 4.75. The minimum Gasteiger partial charge on any atom is -0.483 e. The topological polar surface area (TPSA) is 80.6 Å². The molecular weight excluding hydrogens is 356 g/mol. The van der Waals surface area contributed by atoms with Crippen LogP contribution >= 0.6 is 0 Å². The fraction of sp³-hybridized carbons (Fsp3) is 0.273. The van der Waals surface area contributed by atoms with Crippen LogP contribution in [0, 0.1) is 13.8 Å². The first-order chi connectivity index (χ1) is 13.5. The number of carbonyl (C=O) groups excluding carboxylic acids is 2. The van der Waals surface area contributed by atoms with Gasteiger partial charge in [0.05, 0.1) is 12.7 Å². The number of nitrogens with one attached hydrogen (secondary N) is 2. The second kappa shape index (κ2) is 8.61. The molecule has 0 fully saturated rings. The van der Waals surface area contributed by atoms with Crippen LogP contribution in [0.1, 0.15) is 29.2 Å². The largest absolute Gasteiger partial charge is 0.483 e. The predicted octanol–water partition coefficient (Wildman–Crippen LogP) is 3.38. The van der Waals surface area contributed by atoms with E-state index in [1.807, 2.05) is 57.2 Å². The Kier molecular flexibility index (Phi) is 5.99. The molecule has 0 saturated heterocycles. The number of benzene rings is 2. The predicted molar refractivity (Wildman–Crippen MR) is 107 cm³/mol. The van der Waals surface area contributed by atoms with Gasteiger partial charge in [0.1, 0.15) is 11.3 Å². The molecule has 3 aromatic rings. The summed E-state index contributed by atoms with van der Waals surface area (Å²) in [7, 11) is 0. The molecule has 0 spiro atoms. The number of furan rings is 1. The van der Waals surface area contributed by atoms with Crippen molar-refractivity contribution in [2.75, 3.05) is 6.61 Å². The van der Waals surface area contributed by atoms with Crippen molar-refractivity contribution in [1.29, 1.82) is 0 Å². The van der Waals surface area contributed by atoms with Gasteiger partial charge >= 0.3 is 0 Å². The first kappa shape index (κ1) is 19.5. The highest BCUT2D eigenvalue weighted by molar-refractivity contribution is 5.90. The van der Waals surface area contributed by atoms with E-state index in [1.54, 1.807) is 6.26 Å². The number of rotatable bonds is 6. The molecule has 0 unspecified atom stereocenters. The molecule has 2 aromatic carbocycles. The van der Waals surface area contributed by atoms with Crippen molar-refractivity contribution in [1.82, 2.24) is 10.9 Å². The summed E-state index contributed by atoms with van der Waals surface area (Å²) in [4.78, 5) is 24.1. The summed E-state index contributed by atoms with van der Waals surface area (Å²) in [6.45, 7) is 5.84. The lowest BCUT2D eigenvalue weighted by Gasteiger charge is -2.11.